The van der Waals surface area contributed by atoms with Gasteiger partial charge in [-0.2, -0.15) is 0 Å². The van der Waals surface area contributed by atoms with Crippen LogP contribution in [0, 0.1) is 0 Å². The van der Waals surface area contributed by atoms with Crippen molar-refractivity contribution >= 4 is 33.9 Å². The standard InChI is InChI=1S/C34H33NO6/c1-5-40-28-17-15-23(18-25(28)20(3)4)32(37)30-31(22-14-16-27(36)29(19-22)41-6-2)35(34(39)33(30)38)26-13-9-11-21-10-7-8-12-24(21)26/h7-20,31,36-37H,5-6H2,1-4H3/b32-30+. The van der Waals surface area contributed by atoms with E-state index in [1.165, 1.54) is 11.0 Å². The molecule has 7 heteroatoms. The predicted molar refractivity (Wildman–Crippen MR) is 160 cm³/mol. The van der Waals surface area contributed by atoms with Crippen molar-refractivity contribution < 1.29 is 29.3 Å². The third-order valence-electron chi connectivity index (χ3n) is 7.28. The summed E-state index contributed by atoms with van der Waals surface area (Å²) in [6.45, 7) is 8.54. The van der Waals surface area contributed by atoms with Crippen LogP contribution in [0.1, 0.15) is 56.3 Å². The Bertz CT molecular complexity index is 1670. The van der Waals surface area contributed by atoms with Crippen molar-refractivity contribution in [2.24, 2.45) is 0 Å². The van der Waals surface area contributed by atoms with E-state index in [1.807, 2.05) is 57.2 Å². The number of anilines is 1. The summed E-state index contributed by atoms with van der Waals surface area (Å²) in [5.41, 5.74) is 2.28. The van der Waals surface area contributed by atoms with E-state index in [9.17, 15) is 19.8 Å². The molecule has 0 aromatic heterocycles. The second-order valence-corrected chi connectivity index (χ2v) is 10.2. The normalized spacial score (nSPS) is 16.5. The molecule has 0 spiro atoms. The molecular formula is C34H33NO6. The van der Waals surface area contributed by atoms with Gasteiger partial charge in [0.05, 0.1) is 30.5 Å². The zero-order chi connectivity index (χ0) is 29.3. The fraction of sp³-hybridized carbons (Fsp3) is 0.235. The Hall–Kier alpha value is -4.78. The number of hydrogen-bond donors (Lipinski definition) is 2. The van der Waals surface area contributed by atoms with Crippen molar-refractivity contribution in [2.75, 3.05) is 18.1 Å². The number of Topliss-reactive ketones (excluding diaryl/α,β-unsaturated/α-hetero) is 1. The number of phenols is 1. The Labute approximate surface area is 239 Å². The largest absolute Gasteiger partial charge is 0.507 e. The van der Waals surface area contributed by atoms with Crippen LogP contribution in [0.4, 0.5) is 5.69 Å². The van der Waals surface area contributed by atoms with E-state index in [0.29, 0.717) is 35.8 Å². The highest BCUT2D eigenvalue weighted by molar-refractivity contribution is 6.52. The third-order valence-corrected chi connectivity index (χ3v) is 7.28. The number of fused-ring (bicyclic) bond motifs is 1. The molecule has 1 amide bonds. The second-order valence-electron chi connectivity index (χ2n) is 10.2. The molecule has 1 aliphatic rings. The van der Waals surface area contributed by atoms with Crippen LogP contribution in [0.3, 0.4) is 0 Å². The number of aliphatic hydroxyl groups excluding tert-OH is 1. The molecule has 7 nitrogen and oxygen atoms in total. The summed E-state index contributed by atoms with van der Waals surface area (Å²) in [6.07, 6.45) is 0. The lowest BCUT2D eigenvalue weighted by Crippen LogP contribution is -2.29. The first-order valence-electron chi connectivity index (χ1n) is 13.8. The fourth-order valence-electron chi connectivity index (χ4n) is 5.38. The minimum atomic E-state index is -0.977. The maximum atomic E-state index is 13.8. The highest BCUT2D eigenvalue weighted by atomic mass is 16.5. The lowest BCUT2D eigenvalue weighted by molar-refractivity contribution is -0.132. The summed E-state index contributed by atoms with van der Waals surface area (Å²) in [5.74, 6) is -0.898. The number of carbonyl (C=O) groups excluding carboxylic acids is 2. The van der Waals surface area contributed by atoms with Gasteiger partial charge in [-0.15, -0.1) is 0 Å². The quantitative estimate of drug-likeness (QED) is 0.138. The summed E-state index contributed by atoms with van der Waals surface area (Å²) in [5, 5.41) is 23.8. The number of amides is 1. The molecule has 210 valence electrons. The molecule has 1 atom stereocenters. The first kappa shape index (κ1) is 27.8. The van der Waals surface area contributed by atoms with Crippen LogP contribution in [0.25, 0.3) is 16.5 Å². The molecule has 4 aromatic carbocycles. The molecule has 1 saturated heterocycles. The number of phenolic OH excluding ortho intramolecular Hbond substituents is 1. The Kier molecular flexibility index (Phi) is 7.70. The number of benzene rings is 4. The van der Waals surface area contributed by atoms with E-state index < -0.39 is 17.7 Å². The van der Waals surface area contributed by atoms with Crippen LogP contribution in [0.5, 0.6) is 17.2 Å². The summed E-state index contributed by atoms with van der Waals surface area (Å²) in [4.78, 5) is 29.0. The van der Waals surface area contributed by atoms with Gasteiger partial charge in [-0.3, -0.25) is 14.5 Å². The van der Waals surface area contributed by atoms with Gasteiger partial charge in [-0.05, 0) is 72.7 Å². The zero-order valence-electron chi connectivity index (χ0n) is 23.5. The first-order chi connectivity index (χ1) is 19.8. The number of carbonyl (C=O) groups is 2. The highest BCUT2D eigenvalue weighted by Gasteiger charge is 2.47. The molecule has 1 fully saturated rings. The molecule has 0 aliphatic carbocycles. The summed E-state index contributed by atoms with van der Waals surface area (Å²) in [7, 11) is 0. The Morgan fingerprint density at radius 2 is 1.59 bits per heavy atom. The third kappa shape index (κ3) is 4.99. The van der Waals surface area contributed by atoms with Crippen LogP contribution < -0.4 is 14.4 Å². The van der Waals surface area contributed by atoms with Gasteiger partial charge in [0.15, 0.2) is 11.5 Å². The number of aromatic hydroxyl groups is 1. The second kappa shape index (κ2) is 11.4. The van der Waals surface area contributed by atoms with Crippen LogP contribution in [-0.4, -0.2) is 35.1 Å². The van der Waals surface area contributed by atoms with Crippen LogP contribution >= 0.6 is 0 Å². The fourth-order valence-corrected chi connectivity index (χ4v) is 5.38. The Morgan fingerprint density at radius 3 is 2.32 bits per heavy atom. The average molecular weight is 552 g/mol. The minimum Gasteiger partial charge on any atom is -0.507 e. The Balaban J connectivity index is 1.77. The predicted octanol–water partition coefficient (Wildman–Crippen LogP) is 7.09. The number of hydrogen-bond acceptors (Lipinski definition) is 6. The Morgan fingerprint density at radius 1 is 0.878 bits per heavy atom. The topological polar surface area (TPSA) is 96.3 Å². The molecule has 1 heterocycles. The lowest BCUT2D eigenvalue weighted by atomic mass is 9.92. The number of nitrogens with zero attached hydrogens (tertiary/aromatic N) is 1. The highest BCUT2D eigenvalue weighted by Crippen LogP contribution is 2.46. The van der Waals surface area contributed by atoms with E-state index >= 15 is 0 Å². The van der Waals surface area contributed by atoms with Gasteiger partial charge >= 0.3 is 0 Å². The van der Waals surface area contributed by atoms with Gasteiger partial charge in [0.25, 0.3) is 11.7 Å². The van der Waals surface area contributed by atoms with Gasteiger partial charge in [-0.25, -0.2) is 0 Å². The molecule has 0 bridgehead atoms. The van der Waals surface area contributed by atoms with Gasteiger partial charge in [0.1, 0.15) is 11.5 Å². The van der Waals surface area contributed by atoms with E-state index in [0.717, 1.165) is 16.3 Å². The smallest absolute Gasteiger partial charge is 0.300 e. The van der Waals surface area contributed by atoms with E-state index in [2.05, 4.69) is 0 Å². The van der Waals surface area contributed by atoms with Crippen molar-refractivity contribution in [1.29, 1.82) is 0 Å². The molecule has 4 aromatic rings. The van der Waals surface area contributed by atoms with Gasteiger partial charge in [0.2, 0.25) is 0 Å². The maximum absolute atomic E-state index is 13.8. The van der Waals surface area contributed by atoms with E-state index in [-0.39, 0.29) is 28.7 Å². The molecule has 1 aliphatic heterocycles. The first-order valence-corrected chi connectivity index (χ1v) is 13.8. The van der Waals surface area contributed by atoms with Gasteiger partial charge in [-0.1, -0.05) is 56.3 Å². The summed E-state index contributed by atoms with van der Waals surface area (Å²) in [6, 6.07) is 22.2. The van der Waals surface area contributed by atoms with Crippen molar-refractivity contribution in [3.05, 3.63) is 101 Å². The number of aliphatic hydroxyl groups is 1. The van der Waals surface area contributed by atoms with Crippen molar-refractivity contribution in [3.8, 4) is 17.2 Å². The van der Waals surface area contributed by atoms with Crippen LogP contribution in [0.15, 0.2) is 84.4 Å². The molecule has 41 heavy (non-hydrogen) atoms. The van der Waals surface area contributed by atoms with Gasteiger partial charge < -0.3 is 19.7 Å². The number of rotatable bonds is 8. The molecule has 2 N–H and O–H groups in total. The molecule has 0 radical (unpaired) electrons. The van der Waals surface area contributed by atoms with E-state index in [1.54, 1.807) is 43.3 Å². The van der Waals surface area contributed by atoms with Gasteiger partial charge in [0, 0.05) is 10.9 Å². The molecule has 0 saturated carbocycles. The number of ether oxygens (including phenoxy) is 2. The van der Waals surface area contributed by atoms with E-state index in [4.69, 9.17) is 9.47 Å². The molecule has 1 unspecified atom stereocenters. The van der Waals surface area contributed by atoms with Crippen molar-refractivity contribution in [3.63, 3.8) is 0 Å². The van der Waals surface area contributed by atoms with Crippen molar-refractivity contribution in [2.45, 2.75) is 39.7 Å². The average Bonchev–Trinajstić information content (AvgIpc) is 3.23. The molecular weight excluding hydrogens is 518 g/mol. The minimum absolute atomic E-state index is 0.0464. The lowest BCUT2D eigenvalue weighted by Gasteiger charge is -2.27. The molecule has 5 rings (SSSR count). The monoisotopic (exact) mass is 551 g/mol. The summed E-state index contributed by atoms with van der Waals surface area (Å²) < 4.78 is 11.4. The van der Waals surface area contributed by atoms with Crippen LogP contribution in [0.2, 0.25) is 0 Å². The summed E-state index contributed by atoms with van der Waals surface area (Å²) >= 11 is 0. The number of ketones is 1. The van der Waals surface area contributed by atoms with Crippen molar-refractivity contribution in [1.82, 2.24) is 0 Å². The SMILES string of the molecule is CCOc1cc(C2/C(=C(\O)c3ccc(OCC)c(C(C)C)c3)C(=O)C(=O)N2c2cccc3ccccc23)ccc1O. The van der Waals surface area contributed by atoms with Crippen LogP contribution in [-0.2, 0) is 9.59 Å². The maximum Gasteiger partial charge on any atom is 0.300 e. The zero-order valence-corrected chi connectivity index (χ0v) is 23.5.